The minimum Gasteiger partial charge on any atom is -0.355 e. The summed E-state index contributed by atoms with van der Waals surface area (Å²) in [5, 5.41) is 9.51. The van der Waals surface area contributed by atoms with E-state index in [0.717, 1.165) is 22.7 Å². The fourth-order valence-corrected chi connectivity index (χ4v) is 4.20. The van der Waals surface area contributed by atoms with Crippen molar-refractivity contribution in [2.75, 3.05) is 6.54 Å². The van der Waals surface area contributed by atoms with Gasteiger partial charge in [0.15, 0.2) is 0 Å². The van der Waals surface area contributed by atoms with Crippen LogP contribution in [0.15, 0.2) is 46.5 Å². The lowest BCUT2D eigenvalue weighted by Gasteiger charge is -2.26. The van der Waals surface area contributed by atoms with E-state index in [2.05, 4.69) is 10.3 Å². The Bertz CT molecular complexity index is 947. The van der Waals surface area contributed by atoms with E-state index in [4.69, 9.17) is 0 Å². The minimum absolute atomic E-state index is 0.138. The van der Waals surface area contributed by atoms with E-state index in [0.29, 0.717) is 11.3 Å². The maximum Gasteiger partial charge on any atom is 0.416 e. The number of benzene rings is 1. The van der Waals surface area contributed by atoms with Gasteiger partial charge in [0.1, 0.15) is 5.01 Å². The molecule has 0 aliphatic heterocycles. The molecule has 3 nitrogen and oxygen atoms in total. The van der Waals surface area contributed by atoms with Crippen LogP contribution in [0.25, 0.3) is 10.6 Å². The number of thiophene rings is 1. The number of carbonyl (C=O) groups excluding carboxylic acids is 1. The second-order valence-electron chi connectivity index (χ2n) is 7.07. The van der Waals surface area contributed by atoms with Crippen LogP contribution in [0.3, 0.4) is 0 Å². The summed E-state index contributed by atoms with van der Waals surface area (Å²) in [6.07, 6.45) is -4.25. The molecule has 0 radical (unpaired) electrons. The number of alkyl halides is 3. The van der Waals surface area contributed by atoms with Gasteiger partial charge < -0.3 is 5.32 Å². The average molecular weight is 425 g/mol. The number of carbonyl (C=O) groups is 1. The Morgan fingerprint density at radius 3 is 2.57 bits per heavy atom. The Hall–Kier alpha value is -2.19. The Labute approximate surface area is 169 Å². The summed E-state index contributed by atoms with van der Waals surface area (Å²) < 4.78 is 38.8. The predicted molar refractivity (Wildman–Crippen MR) is 107 cm³/mol. The van der Waals surface area contributed by atoms with Crippen molar-refractivity contribution in [3.8, 4) is 10.6 Å². The molecule has 0 atom stereocenters. The van der Waals surface area contributed by atoms with Gasteiger partial charge in [0, 0.05) is 28.3 Å². The molecule has 2 aromatic heterocycles. The zero-order chi connectivity index (χ0) is 20.4. The molecule has 0 fully saturated rings. The summed E-state index contributed by atoms with van der Waals surface area (Å²) in [5.41, 5.74) is 0.915. The highest BCUT2D eigenvalue weighted by molar-refractivity contribution is 7.14. The van der Waals surface area contributed by atoms with Crippen LogP contribution < -0.4 is 5.32 Å². The topological polar surface area (TPSA) is 42.0 Å². The van der Waals surface area contributed by atoms with Gasteiger partial charge in [-0.25, -0.2) is 4.98 Å². The van der Waals surface area contributed by atoms with Crippen molar-refractivity contribution in [3.63, 3.8) is 0 Å². The van der Waals surface area contributed by atoms with Crippen molar-refractivity contribution in [1.29, 1.82) is 0 Å². The number of hydrogen-bond donors (Lipinski definition) is 1. The van der Waals surface area contributed by atoms with E-state index in [1.54, 1.807) is 31.3 Å². The molecule has 1 amide bonds. The molecule has 28 heavy (non-hydrogen) atoms. The van der Waals surface area contributed by atoms with Crippen molar-refractivity contribution in [1.82, 2.24) is 10.3 Å². The highest BCUT2D eigenvalue weighted by Gasteiger charge is 2.32. The zero-order valence-corrected chi connectivity index (χ0v) is 17.0. The average Bonchev–Trinajstić information content (AvgIpc) is 3.31. The lowest BCUT2D eigenvalue weighted by Crippen LogP contribution is -2.37. The van der Waals surface area contributed by atoms with E-state index < -0.39 is 17.2 Å². The monoisotopic (exact) mass is 424 g/mol. The van der Waals surface area contributed by atoms with Gasteiger partial charge >= 0.3 is 6.18 Å². The van der Waals surface area contributed by atoms with Crippen molar-refractivity contribution >= 4 is 28.6 Å². The van der Waals surface area contributed by atoms with Crippen LogP contribution >= 0.6 is 22.7 Å². The van der Waals surface area contributed by atoms with Crippen LogP contribution in [0.5, 0.6) is 0 Å². The Morgan fingerprint density at radius 2 is 1.89 bits per heavy atom. The number of amides is 1. The zero-order valence-electron chi connectivity index (χ0n) is 15.3. The first-order valence-corrected chi connectivity index (χ1v) is 10.4. The second-order valence-corrected chi connectivity index (χ2v) is 8.71. The van der Waals surface area contributed by atoms with Gasteiger partial charge in [-0.3, -0.25) is 4.79 Å². The molecule has 148 valence electrons. The molecule has 8 heteroatoms. The Morgan fingerprint density at radius 1 is 1.14 bits per heavy atom. The standard InChI is InChI=1S/C20H19F3N2OS2/c1-19(2,14-4-3-5-15(8-14)20(21,22)23)12-24-17(26)9-16-11-28-18(25-16)13-6-7-27-10-13/h3-8,10-11H,9,12H2,1-2H3,(H,24,26). The summed E-state index contributed by atoms with van der Waals surface area (Å²) in [4.78, 5) is 16.8. The first-order valence-electron chi connectivity index (χ1n) is 8.56. The summed E-state index contributed by atoms with van der Waals surface area (Å²) in [6, 6.07) is 7.20. The molecule has 0 aliphatic rings. The first-order chi connectivity index (χ1) is 13.1. The third-order valence-electron chi connectivity index (χ3n) is 4.36. The van der Waals surface area contributed by atoms with Crippen molar-refractivity contribution in [2.45, 2.75) is 31.9 Å². The number of halogens is 3. The van der Waals surface area contributed by atoms with Gasteiger partial charge in [-0.05, 0) is 23.1 Å². The third kappa shape index (κ3) is 4.99. The van der Waals surface area contributed by atoms with Crippen LogP contribution in [-0.2, 0) is 22.8 Å². The number of aromatic nitrogens is 1. The highest BCUT2D eigenvalue weighted by atomic mass is 32.1. The van der Waals surface area contributed by atoms with E-state index in [1.807, 2.05) is 22.2 Å². The summed E-state index contributed by atoms with van der Waals surface area (Å²) in [7, 11) is 0. The van der Waals surface area contributed by atoms with Crippen molar-refractivity contribution < 1.29 is 18.0 Å². The minimum atomic E-state index is -4.39. The van der Waals surface area contributed by atoms with Crippen LogP contribution in [-0.4, -0.2) is 17.4 Å². The van der Waals surface area contributed by atoms with Gasteiger partial charge in [-0.1, -0.05) is 32.0 Å². The quantitative estimate of drug-likeness (QED) is 0.566. The Balaban J connectivity index is 1.61. The maximum atomic E-state index is 12.9. The molecular weight excluding hydrogens is 405 g/mol. The van der Waals surface area contributed by atoms with Crippen LogP contribution in [0.2, 0.25) is 0 Å². The Kier molecular flexibility index (Phi) is 5.90. The van der Waals surface area contributed by atoms with E-state index in [1.165, 1.54) is 17.4 Å². The van der Waals surface area contributed by atoms with Crippen LogP contribution in [0, 0.1) is 0 Å². The molecule has 0 unspecified atom stereocenters. The smallest absolute Gasteiger partial charge is 0.355 e. The van der Waals surface area contributed by atoms with Crippen molar-refractivity contribution in [2.24, 2.45) is 0 Å². The normalized spacial score (nSPS) is 12.2. The molecule has 3 aromatic rings. The lowest BCUT2D eigenvalue weighted by atomic mass is 9.83. The number of nitrogens with zero attached hydrogens (tertiary/aromatic N) is 1. The summed E-state index contributed by atoms with van der Waals surface area (Å²) in [5.74, 6) is -0.206. The predicted octanol–water partition coefficient (Wildman–Crippen LogP) is 5.53. The largest absolute Gasteiger partial charge is 0.416 e. The number of rotatable bonds is 6. The first kappa shape index (κ1) is 20.5. The van der Waals surface area contributed by atoms with Gasteiger partial charge in [0.2, 0.25) is 5.91 Å². The number of hydrogen-bond acceptors (Lipinski definition) is 4. The van der Waals surface area contributed by atoms with Crippen LogP contribution in [0.1, 0.15) is 30.7 Å². The van der Waals surface area contributed by atoms with Gasteiger partial charge in [0.05, 0.1) is 17.7 Å². The molecule has 1 N–H and O–H groups in total. The van der Waals surface area contributed by atoms with Gasteiger partial charge in [-0.15, -0.1) is 11.3 Å². The molecule has 0 spiro atoms. The molecule has 0 saturated heterocycles. The van der Waals surface area contributed by atoms with Crippen LogP contribution in [0.4, 0.5) is 13.2 Å². The summed E-state index contributed by atoms with van der Waals surface area (Å²) >= 11 is 3.07. The van der Waals surface area contributed by atoms with Gasteiger partial charge in [0.25, 0.3) is 0 Å². The van der Waals surface area contributed by atoms with E-state index in [-0.39, 0.29) is 18.9 Å². The molecule has 1 aromatic carbocycles. The molecule has 3 rings (SSSR count). The highest BCUT2D eigenvalue weighted by Crippen LogP contribution is 2.32. The fourth-order valence-electron chi connectivity index (χ4n) is 2.67. The fraction of sp³-hybridized carbons (Fsp3) is 0.300. The lowest BCUT2D eigenvalue weighted by molar-refractivity contribution is -0.137. The van der Waals surface area contributed by atoms with E-state index >= 15 is 0 Å². The molecule has 0 bridgehead atoms. The van der Waals surface area contributed by atoms with Gasteiger partial charge in [-0.2, -0.15) is 24.5 Å². The van der Waals surface area contributed by atoms with E-state index in [9.17, 15) is 18.0 Å². The van der Waals surface area contributed by atoms with Crippen molar-refractivity contribution in [3.05, 3.63) is 63.3 Å². The number of thiazole rings is 1. The third-order valence-corrected chi connectivity index (χ3v) is 5.98. The molecular formula is C20H19F3N2OS2. The number of nitrogens with one attached hydrogen (secondary N) is 1. The second kappa shape index (κ2) is 8.05. The molecule has 0 aliphatic carbocycles. The maximum absolute atomic E-state index is 12.9. The summed E-state index contributed by atoms with van der Waals surface area (Å²) in [6.45, 7) is 3.84. The molecule has 0 saturated carbocycles. The SMILES string of the molecule is CC(C)(CNC(=O)Cc1csc(-c2ccsc2)n1)c1cccc(C(F)(F)F)c1. The molecule has 2 heterocycles.